The summed E-state index contributed by atoms with van der Waals surface area (Å²) in [6, 6.07) is 25.5. The van der Waals surface area contributed by atoms with E-state index in [0.29, 0.717) is 12.1 Å². The molecule has 0 unspecified atom stereocenters. The lowest BCUT2D eigenvalue weighted by Gasteiger charge is -2.17. The van der Waals surface area contributed by atoms with Crippen LogP contribution in [0.2, 0.25) is 0 Å². The van der Waals surface area contributed by atoms with Gasteiger partial charge in [0.15, 0.2) is 0 Å². The number of methoxy groups -OCH3 is 1. The van der Waals surface area contributed by atoms with Crippen molar-refractivity contribution in [3.8, 4) is 16.9 Å². The largest absolute Gasteiger partial charge is 0.497 e. The zero-order chi connectivity index (χ0) is 24.1. The minimum atomic E-state index is -0.937. The van der Waals surface area contributed by atoms with Crippen LogP contribution in [-0.2, 0) is 17.8 Å². The number of nitrogens with one attached hydrogen (secondary N) is 1. The fraction of sp³-hybridized carbons (Fsp3) is 0.207. The molecule has 4 aromatic carbocycles. The minimum absolute atomic E-state index is 0. The molecule has 0 aliphatic rings. The van der Waals surface area contributed by atoms with Crippen LogP contribution in [0.4, 0.5) is 4.39 Å². The monoisotopic (exact) mass is 493 g/mol. The third-order valence-corrected chi connectivity index (χ3v) is 6.09. The third kappa shape index (κ3) is 6.38. The van der Waals surface area contributed by atoms with Crippen LogP contribution in [0.25, 0.3) is 21.9 Å². The van der Waals surface area contributed by atoms with E-state index in [0.717, 1.165) is 38.8 Å². The summed E-state index contributed by atoms with van der Waals surface area (Å²) in [6.45, 7) is 2.77. The molecular weight excluding hydrogens is 465 g/mol. The highest BCUT2D eigenvalue weighted by Gasteiger charge is 2.12. The molecule has 0 radical (unpaired) electrons. The molecule has 0 saturated heterocycles. The molecule has 0 fully saturated rings. The van der Waals surface area contributed by atoms with Gasteiger partial charge in [0.05, 0.1) is 7.11 Å². The van der Waals surface area contributed by atoms with Crippen molar-refractivity contribution in [2.24, 2.45) is 0 Å². The summed E-state index contributed by atoms with van der Waals surface area (Å²) in [7, 11) is 1.66. The fourth-order valence-corrected chi connectivity index (χ4v) is 4.19. The van der Waals surface area contributed by atoms with E-state index in [1.807, 2.05) is 30.3 Å². The molecule has 0 aliphatic heterocycles. The first-order chi connectivity index (χ1) is 16.4. The van der Waals surface area contributed by atoms with Crippen molar-refractivity contribution in [2.75, 3.05) is 7.11 Å². The van der Waals surface area contributed by atoms with E-state index in [9.17, 15) is 9.18 Å². The van der Waals surface area contributed by atoms with E-state index in [1.54, 1.807) is 19.2 Å². The number of halogens is 2. The number of aliphatic carboxylic acids is 1. The molecule has 0 aliphatic carbocycles. The molecule has 35 heavy (non-hydrogen) atoms. The number of benzene rings is 4. The van der Waals surface area contributed by atoms with Crippen molar-refractivity contribution in [1.82, 2.24) is 5.32 Å². The number of hydrogen-bond acceptors (Lipinski definition) is 3. The second-order valence-corrected chi connectivity index (χ2v) is 8.44. The van der Waals surface area contributed by atoms with Gasteiger partial charge in [0, 0.05) is 19.0 Å². The first kappa shape index (κ1) is 26.2. The van der Waals surface area contributed by atoms with Crippen LogP contribution < -0.4 is 10.1 Å². The molecule has 1 atom stereocenters. The van der Waals surface area contributed by atoms with Crippen LogP contribution in [0.5, 0.6) is 5.75 Å². The second-order valence-electron chi connectivity index (χ2n) is 8.44. The van der Waals surface area contributed by atoms with E-state index in [4.69, 9.17) is 9.84 Å². The van der Waals surface area contributed by atoms with Crippen molar-refractivity contribution in [3.05, 3.63) is 101 Å². The number of aryl methyl sites for hydroxylation is 1. The third-order valence-electron chi connectivity index (χ3n) is 6.09. The molecule has 2 N–H and O–H groups in total. The van der Waals surface area contributed by atoms with Gasteiger partial charge < -0.3 is 15.2 Å². The molecule has 0 bridgehead atoms. The van der Waals surface area contributed by atoms with Gasteiger partial charge in [0.2, 0.25) is 0 Å². The summed E-state index contributed by atoms with van der Waals surface area (Å²) in [5.41, 5.74) is 4.54. The smallest absolute Gasteiger partial charge is 0.303 e. The average molecular weight is 494 g/mol. The first-order valence-corrected chi connectivity index (χ1v) is 11.3. The Kier molecular flexibility index (Phi) is 8.85. The van der Waals surface area contributed by atoms with E-state index in [2.05, 4.69) is 42.6 Å². The lowest BCUT2D eigenvalue weighted by Crippen LogP contribution is -2.18. The quantitative estimate of drug-likeness (QED) is 0.265. The fourth-order valence-electron chi connectivity index (χ4n) is 4.19. The Balaban J connectivity index is 0.00000342. The van der Waals surface area contributed by atoms with Crippen LogP contribution in [0.3, 0.4) is 0 Å². The van der Waals surface area contributed by atoms with Crippen LogP contribution in [0.15, 0.2) is 78.9 Å². The van der Waals surface area contributed by atoms with Crippen molar-refractivity contribution in [2.45, 2.75) is 32.4 Å². The number of ether oxygens (including phenoxy) is 1. The normalized spacial score (nSPS) is 11.6. The van der Waals surface area contributed by atoms with Gasteiger partial charge in [-0.3, -0.25) is 4.79 Å². The zero-order valence-electron chi connectivity index (χ0n) is 19.8. The summed E-state index contributed by atoms with van der Waals surface area (Å²) >= 11 is 0. The Morgan fingerprint density at radius 2 is 1.83 bits per heavy atom. The van der Waals surface area contributed by atoms with Crippen molar-refractivity contribution >= 4 is 29.1 Å². The highest BCUT2D eigenvalue weighted by molar-refractivity contribution is 5.97. The maximum absolute atomic E-state index is 14.3. The van der Waals surface area contributed by atoms with Gasteiger partial charge in [-0.15, -0.1) is 12.4 Å². The summed E-state index contributed by atoms with van der Waals surface area (Å²) in [4.78, 5) is 11.0. The van der Waals surface area contributed by atoms with Gasteiger partial charge in [0.1, 0.15) is 11.6 Å². The number of carboxylic acids is 1. The number of fused-ring (bicyclic) bond motifs is 1. The molecule has 0 aromatic heterocycles. The maximum Gasteiger partial charge on any atom is 0.303 e. The van der Waals surface area contributed by atoms with Gasteiger partial charge >= 0.3 is 5.97 Å². The lowest BCUT2D eigenvalue weighted by atomic mass is 9.93. The summed E-state index contributed by atoms with van der Waals surface area (Å²) in [6.07, 6.45) is 0.0550. The minimum Gasteiger partial charge on any atom is -0.497 e. The Hall–Kier alpha value is -3.41. The predicted molar refractivity (Wildman–Crippen MR) is 141 cm³/mol. The summed E-state index contributed by atoms with van der Waals surface area (Å²) in [5.74, 6) is -0.484. The highest BCUT2D eigenvalue weighted by atomic mass is 35.5. The molecule has 6 heteroatoms. The number of hydrogen-bond donors (Lipinski definition) is 2. The second kappa shape index (κ2) is 11.8. The SMILES string of the molecule is COc1cccc([C@@H](C)NCc2cc(-c3ccc(F)c(CCC(=O)O)c3)c3ccccc3c2)c1.Cl. The Labute approximate surface area is 211 Å². The van der Waals surface area contributed by atoms with Crippen LogP contribution >= 0.6 is 12.4 Å². The molecule has 4 aromatic rings. The molecule has 0 heterocycles. The number of carboxylic acid groups (broad SMARTS) is 1. The number of rotatable bonds is 9. The zero-order valence-corrected chi connectivity index (χ0v) is 20.6. The van der Waals surface area contributed by atoms with Gasteiger partial charge in [-0.2, -0.15) is 0 Å². The van der Waals surface area contributed by atoms with Gasteiger partial charge in [-0.05, 0) is 88.3 Å². The molecule has 0 saturated carbocycles. The van der Waals surface area contributed by atoms with Gasteiger partial charge in [-0.1, -0.05) is 42.5 Å². The van der Waals surface area contributed by atoms with E-state index < -0.39 is 5.97 Å². The Bertz CT molecular complexity index is 1320. The molecule has 4 nitrogen and oxygen atoms in total. The summed E-state index contributed by atoms with van der Waals surface area (Å²) < 4.78 is 19.7. The van der Waals surface area contributed by atoms with Crippen LogP contribution in [-0.4, -0.2) is 18.2 Å². The maximum atomic E-state index is 14.3. The lowest BCUT2D eigenvalue weighted by molar-refractivity contribution is -0.136. The van der Waals surface area contributed by atoms with Gasteiger partial charge in [-0.25, -0.2) is 4.39 Å². The van der Waals surface area contributed by atoms with Crippen LogP contribution in [0, 0.1) is 5.82 Å². The van der Waals surface area contributed by atoms with E-state index in [1.165, 1.54) is 6.07 Å². The van der Waals surface area contributed by atoms with Crippen molar-refractivity contribution in [1.29, 1.82) is 0 Å². The average Bonchev–Trinajstić information content (AvgIpc) is 2.86. The number of carbonyl (C=O) groups is 1. The highest BCUT2D eigenvalue weighted by Crippen LogP contribution is 2.32. The topological polar surface area (TPSA) is 58.6 Å². The molecule has 182 valence electrons. The predicted octanol–water partition coefficient (Wildman–Crippen LogP) is 6.94. The van der Waals surface area contributed by atoms with Crippen molar-refractivity contribution in [3.63, 3.8) is 0 Å². The van der Waals surface area contributed by atoms with E-state index in [-0.39, 0.29) is 37.1 Å². The Morgan fingerprint density at radius 3 is 2.60 bits per heavy atom. The van der Waals surface area contributed by atoms with Gasteiger partial charge in [0.25, 0.3) is 0 Å². The summed E-state index contributed by atoms with van der Waals surface area (Å²) in [5, 5.41) is 14.8. The van der Waals surface area contributed by atoms with Crippen molar-refractivity contribution < 1.29 is 19.0 Å². The molecular formula is C29H29ClFNO3. The Morgan fingerprint density at radius 1 is 1.03 bits per heavy atom. The molecule has 0 spiro atoms. The first-order valence-electron chi connectivity index (χ1n) is 11.3. The molecule has 0 amide bonds. The standard InChI is InChI=1S/C29H28FNO3.ClH/c1-19(21-7-5-8-25(17-21)34-2)31-18-20-14-22-6-3-4-9-26(22)27(15-20)23-10-12-28(30)24(16-23)11-13-29(32)33;/h3-10,12,14-17,19,31H,11,13,18H2,1-2H3,(H,32,33);1H/t19-;/m1./s1. The van der Waals surface area contributed by atoms with Crippen LogP contribution in [0.1, 0.15) is 36.1 Å². The molecule has 4 rings (SSSR count). The van der Waals surface area contributed by atoms with E-state index >= 15 is 0 Å².